The van der Waals surface area contributed by atoms with Crippen LogP contribution in [-0.2, 0) is 46.5 Å². The lowest BCUT2D eigenvalue weighted by Gasteiger charge is -2.48. The van der Waals surface area contributed by atoms with Crippen molar-refractivity contribution < 1.29 is 48.4 Å². The molecule has 6 aliphatic rings. The van der Waals surface area contributed by atoms with Gasteiger partial charge in [-0.05, 0) is 60.6 Å². The Balaban J connectivity index is 1.09. The highest BCUT2D eigenvalue weighted by Crippen LogP contribution is 2.63. The van der Waals surface area contributed by atoms with E-state index in [4.69, 9.17) is 34.0 Å². The van der Waals surface area contributed by atoms with Crippen molar-refractivity contribution >= 4 is 23.9 Å². The quantitative estimate of drug-likeness (QED) is 0.130. The Morgan fingerprint density at radius 2 is 1.72 bits per heavy atom. The molecule has 0 aromatic heterocycles. The third-order valence-electron chi connectivity index (χ3n) is 10.8. The van der Waals surface area contributed by atoms with E-state index in [1.165, 1.54) is 6.26 Å². The van der Waals surface area contributed by atoms with E-state index in [1.807, 2.05) is 30.3 Å². The summed E-state index contributed by atoms with van der Waals surface area (Å²) in [6.07, 6.45) is 4.96. The number of hydrogen-bond donors (Lipinski definition) is 4. The Kier molecular flexibility index (Phi) is 8.90. The summed E-state index contributed by atoms with van der Waals surface area (Å²) >= 11 is 0. The molecule has 3 saturated heterocycles. The van der Waals surface area contributed by atoms with E-state index in [1.54, 1.807) is 29.3 Å². The minimum absolute atomic E-state index is 0.0838. The molecule has 3 heterocycles. The van der Waals surface area contributed by atoms with E-state index >= 15 is 0 Å². The predicted octanol–water partition coefficient (Wildman–Crippen LogP) is 1.80. The summed E-state index contributed by atoms with van der Waals surface area (Å²) in [5.41, 5.74) is 1.49. The fraction of sp³-hybridized carbons (Fsp3) is 0.541. The van der Waals surface area contributed by atoms with E-state index in [2.05, 4.69) is 10.6 Å². The van der Waals surface area contributed by atoms with Crippen LogP contribution in [0.4, 0.5) is 0 Å². The van der Waals surface area contributed by atoms with Crippen LogP contribution in [0.25, 0.3) is 6.08 Å². The normalized spacial score (nSPS) is 30.9. The highest BCUT2D eigenvalue weighted by atomic mass is 16.8. The number of hydroxylamine groups is 2. The lowest BCUT2D eigenvalue weighted by Crippen LogP contribution is -2.69. The molecule has 4 N–H and O–H groups in total. The largest absolute Gasteiger partial charge is 0.499 e. The van der Waals surface area contributed by atoms with Crippen LogP contribution in [0.3, 0.4) is 0 Å². The zero-order valence-electron chi connectivity index (χ0n) is 27.7. The van der Waals surface area contributed by atoms with E-state index < -0.39 is 47.6 Å². The molecule has 266 valence electrons. The van der Waals surface area contributed by atoms with Gasteiger partial charge < -0.3 is 39.8 Å². The molecule has 6 atom stereocenters. The van der Waals surface area contributed by atoms with Crippen LogP contribution in [0, 0.1) is 17.3 Å². The lowest BCUT2D eigenvalue weighted by atomic mass is 9.62. The third-order valence-corrected chi connectivity index (χ3v) is 10.8. The average Bonchev–Trinajstić information content (AvgIpc) is 4.07. The van der Waals surface area contributed by atoms with Crippen molar-refractivity contribution in [3.05, 3.63) is 77.0 Å². The van der Waals surface area contributed by atoms with Crippen molar-refractivity contribution in [2.45, 2.75) is 81.4 Å². The number of fused-ring (bicyclic) bond motifs is 4. The van der Waals surface area contributed by atoms with Crippen LogP contribution in [0.15, 0.2) is 54.8 Å². The molecule has 50 heavy (non-hydrogen) atoms. The van der Waals surface area contributed by atoms with Gasteiger partial charge in [-0.3, -0.25) is 19.2 Å². The summed E-state index contributed by atoms with van der Waals surface area (Å²) < 4.78 is 25.2. The number of esters is 1. The standard InChI is InChI=1S/C37H43N3O10/c41-13-12-38-33(43)25-6-2-4-23(18-25)20-39-35(45)36-19-28-29-30(49-37(48-29,26-7-8-26)27-9-10-27)32(36)50-40(31(36)34(44)47-28)21-24-5-1-3-22(17-24)11-15-46-16-14-42/h1-6,11,15,17-18,26-32,41-42H,7-10,12-14,16,19-21H2,(H,38,43)(H,39,45). The van der Waals surface area contributed by atoms with Crippen molar-refractivity contribution in [2.75, 3.05) is 26.4 Å². The Hall–Kier alpha value is -3.85. The van der Waals surface area contributed by atoms with Crippen LogP contribution in [0.1, 0.15) is 59.2 Å². The maximum atomic E-state index is 14.7. The second-order valence-electron chi connectivity index (χ2n) is 14.2. The lowest BCUT2D eigenvalue weighted by molar-refractivity contribution is -0.235. The molecule has 13 nitrogen and oxygen atoms in total. The van der Waals surface area contributed by atoms with Crippen LogP contribution in [-0.4, -0.2) is 95.7 Å². The maximum absolute atomic E-state index is 14.7. The highest BCUT2D eigenvalue weighted by molar-refractivity contribution is 5.95. The number of aliphatic hydroxyl groups is 2. The van der Waals surface area contributed by atoms with Gasteiger partial charge in [-0.15, -0.1) is 0 Å². The van der Waals surface area contributed by atoms with Gasteiger partial charge in [-0.25, -0.2) is 0 Å². The second kappa shape index (κ2) is 13.4. The Labute approximate surface area is 289 Å². The Bertz CT molecular complexity index is 1650. The number of ether oxygens (including phenoxy) is 4. The van der Waals surface area contributed by atoms with Gasteiger partial charge in [0.2, 0.25) is 5.91 Å². The monoisotopic (exact) mass is 689 g/mol. The number of nitrogens with one attached hydrogen (secondary N) is 2. The topological polar surface area (TPSA) is 165 Å². The van der Waals surface area contributed by atoms with Crippen molar-refractivity contribution in [3.8, 4) is 0 Å². The molecular formula is C37H43N3O10. The van der Waals surface area contributed by atoms with Gasteiger partial charge in [0.15, 0.2) is 11.8 Å². The smallest absolute Gasteiger partial charge is 0.327 e. The number of carbonyl (C=O) groups excluding carboxylic acids is 3. The number of nitrogens with zero attached hydrogens (tertiary/aromatic N) is 1. The van der Waals surface area contributed by atoms with Crippen molar-refractivity contribution in [1.29, 1.82) is 0 Å². The van der Waals surface area contributed by atoms with Gasteiger partial charge in [0.05, 0.1) is 26.0 Å². The first-order valence-corrected chi connectivity index (χ1v) is 17.6. The second-order valence-corrected chi connectivity index (χ2v) is 14.2. The van der Waals surface area contributed by atoms with Crippen molar-refractivity contribution in [1.82, 2.24) is 15.7 Å². The van der Waals surface area contributed by atoms with Crippen LogP contribution >= 0.6 is 0 Å². The summed E-state index contributed by atoms with van der Waals surface area (Å²) in [5.74, 6) is -1.41. The summed E-state index contributed by atoms with van der Waals surface area (Å²) in [5, 5.41) is 25.4. The van der Waals surface area contributed by atoms with Gasteiger partial charge in [0.1, 0.15) is 36.4 Å². The van der Waals surface area contributed by atoms with E-state index in [0.29, 0.717) is 11.1 Å². The number of benzene rings is 2. The number of rotatable bonds is 14. The molecule has 3 aliphatic heterocycles. The Morgan fingerprint density at radius 3 is 2.48 bits per heavy atom. The predicted molar refractivity (Wildman–Crippen MR) is 175 cm³/mol. The molecule has 2 aromatic carbocycles. The van der Waals surface area contributed by atoms with Gasteiger partial charge in [-0.2, -0.15) is 5.06 Å². The summed E-state index contributed by atoms with van der Waals surface area (Å²) in [6.45, 7) is 0.392. The molecule has 3 saturated carbocycles. The number of aliphatic hydroxyl groups excluding tert-OH is 2. The molecule has 2 bridgehead atoms. The first-order valence-electron chi connectivity index (χ1n) is 17.6. The van der Waals surface area contributed by atoms with Crippen molar-refractivity contribution in [2.24, 2.45) is 17.3 Å². The summed E-state index contributed by atoms with van der Waals surface area (Å²) in [7, 11) is 0. The maximum Gasteiger partial charge on any atom is 0.327 e. The fourth-order valence-electron chi connectivity index (χ4n) is 8.33. The molecule has 8 rings (SSSR count). The number of hydrogen-bond acceptors (Lipinski definition) is 11. The number of carbonyl (C=O) groups is 3. The summed E-state index contributed by atoms with van der Waals surface area (Å²) in [4.78, 5) is 48.0. The third kappa shape index (κ3) is 5.89. The zero-order valence-corrected chi connectivity index (χ0v) is 27.7. The molecule has 0 spiro atoms. The average molecular weight is 690 g/mol. The first-order chi connectivity index (χ1) is 24.4. The molecule has 0 radical (unpaired) electrons. The Morgan fingerprint density at radius 1 is 0.960 bits per heavy atom. The van der Waals surface area contributed by atoms with Gasteiger partial charge >= 0.3 is 5.97 Å². The van der Waals surface area contributed by atoms with E-state index in [9.17, 15) is 14.4 Å². The van der Waals surface area contributed by atoms with Gasteiger partial charge in [0, 0.05) is 36.9 Å². The molecule has 3 aliphatic carbocycles. The van der Waals surface area contributed by atoms with Crippen LogP contribution in [0.5, 0.6) is 0 Å². The zero-order chi connectivity index (χ0) is 34.5. The van der Waals surface area contributed by atoms with Crippen molar-refractivity contribution in [3.63, 3.8) is 0 Å². The molecular weight excluding hydrogens is 646 g/mol. The highest BCUT2D eigenvalue weighted by Gasteiger charge is 2.78. The fourth-order valence-corrected chi connectivity index (χ4v) is 8.33. The molecule has 6 fully saturated rings. The summed E-state index contributed by atoms with van der Waals surface area (Å²) in [6, 6.07) is 13.6. The SMILES string of the molecule is O=C(NCCO)c1cccc(CNC(=O)C23CC4OC(=O)C2N(Cc2cccc(C=COCCO)c2)OC3C2OC(C3CC3)(C3CC3)OC42)c1. The van der Waals surface area contributed by atoms with E-state index in [0.717, 1.165) is 36.8 Å². The van der Waals surface area contributed by atoms with E-state index in [-0.39, 0.29) is 69.5 Å². The minimum Gasteiger partial charge on any atom is -0.499 e. The van der Waals surface area contributed by atoms with Crippen LogP contribution < -0.4 is 10.6 Å². The molecule has 13 heteroatoms. The minimum atomic E-state index is -1.32. The van der Waals surface area contributed by atoms with Crippen LogP contribution in [0.2, 0.25) is 0 Å². The van der Waals surface area contributed by atoms with Gasteiger partial charge in [0.25, 0.3) is 5.91 Å². The van der Waals surface area contributed by atoms with Gasteiger partial charge in [-0.1, -0.05) is 36.4 Å². The number of amides is 2. The first kappa shape index (κ1) is 33.3. The molecule has 6 unspecified atom stereocenters. The molecule has 2 aromatic rings. The molecule has 2 amide bonds.